The van der Waals surface area contributed by atoms with E-state index in [4.69, 9.17) is 0 Å². The van der Waals surface area contributed by atoms with Gasteiger partial charge >= 0.3 is 0 Å². The van der Waals surface area contributed by atoms with E-state index in [1.807, 2.05) is 0 Å². The molecule has 0 aromatic heterocycles. The molecule has 0 saturated carbocycles. The summed E-state index contributed by atoms with van der Waals surface area (Å²) in [5.41, 5.74) is 0.414. The van der Waals surface area contributed by atoms with Crippen LogP contribution in [-0.4, -0.2) is 66.9 Å². The van der Waals surface area contributed by atoms with Crippen LogP contribution in [0.1, 0.15) is 19.4 Å². The minimum Gasteiger partial charge on any atom is -0.508 e. The molecule has 0 aliphatic heterocycles. The minimum absolute atomic E-state index is 0.00834. The lowest BCUT2D eigenvalue weighted by Crippen LogP contribution is -2.41. The highest BCUT2D eigenvalue weighted by Gasteiger charge is 2.28. The van der Waals surface area contributed by atoms with Crippen molar-refractivity contribution in [3.8, 4) is 17.2 Å². The SMILES string of the molecule is CCN(CCN(CC)S(=O)(=O)c1ccc(O)c(O)c1)S(=O)(=O)c1ccc(O)c(C)c1. The maximum atomic E-state index is 12.9. The van der Waals surface area contributed by atoms with Crippen molar-refractivity contribution in [2.45, 2.75) is 30.6 Å². The van der Waals surface area contributed by atoms with Crippen LogP contribution in [-0.2, 0) is 20.0 Å². The van der Waals surface area contributed by atoms with Crippen molar-refractivity contribution in [1.29, 1.82) is 0 Å². The largest absolute Gasteiger partial charge is 0.508 e. The predicted octanol–water partition coefficient (Wildman–Crippen LogP) is 1.83. The number of likely N-dealkylation sites (N-methyl/N-ethyl adjacent to an activating group) is 2. The number of nitrogens with zero attached hydrogens (tertiary/aromatic N) is 2. The Morgan fingerprint density at radius 2 is 1.13 bits per heavy atom. The fraction of sp³-hybridized carbons (Fsp3) is 0.368. The average molecular weight is 459 g/mol. The van der Waals surface area contributed by atoms with Gasteiger partial charge in [-0.25, -0.2) is 16.8 Å². The molecule has 3 N–H and O–H groups in total. The predicted molar refractivity (Wildman–Crippen MR) is 111 cm³/mol. The van der Waals surface area contributed by atoms with E-state index in [0.717, 1.165) is 20.7 Å². The summed E-state index contributed by atoms with van der Waals surface area (Å²) in [5.74, 6) is -1.02. The number of phenols is 3. The number of phenolic OH excluding ortho intramolecular Hbond substituents is 3. The molecule has 0 aliphatic rings. The molecule has 0 fully saturated rings. The van der Waals surface area contributed by atoms with Crippen LogP contribution in [0.25, 0.3) is 0 Å². The van der Waals surface area contributed by atoms with Crippen LogP contribution in [0, 0.1) is 6.92 Å². The molecule has 2 aromatic carbocycles. The number of aromatic hydroxyl groups is 3. The summed E-state index contributed by atoms with van der Waals surface area (Å²) in [6, 6.07) is 7.15. The third kappa shape index (κ3) is 4.86. The molecule has 2 rings (SSSR count). The molecule has 0 radical (unpaired) electrons. The van der Waals surface area contributed by atoms with E-state index in [0.29, 0.717) is 5.56 Å². The van der Waals surface area contributed by atoms with Gasteiger partial charge in [-0.2, -0.15) is 8.61 Å². The second-order valence-electron chi connectivity index (χ2n) is 6.59. The van der Waals surface area contributed by atoms with E-state index >= 15 is 0 Å². The summed E-state index contributed by atoms with van der Waals surface area (Å²) in [4.78, 5) is -0.200. The van der Waals surface area contributed by atoms with E-state index in [-0.39, 0.29) is 41.7 Å². The molecule has 2 aromatic rings. The van der Waals surface area contributed by atoms with Gasteiger partial charge in [0.2, 0.25) is 20.0 Å². The summed E-state index contributed by atoms with van der Waals surface area (Å²) in [6.45, 7) is 4.86. The van der Waals surface area contributed by atoms with Gasteiger partial charge in [-0.3, -0.25) is 0 Å². The summed E-state index contributed by atoms with van der Waals surface area (Å²) < 4.78 is 53.9. The molecule has 0 heterocycles. The minimum atomic E-state index is -4.01. The lowest BCUT2D eigenvalue weighted by molar-refractivity contribution is 0.358. The maximum Gasteiger partial charge on any atom is 0.243 e. The molecular weight excluding hydrogens is 432 g/mol. The zero-order valence-corrected chi connectivity index (χ0v) is 18.6. The van der Waals surface area contributed by atoms with Gasteiger partial charge < -0.3 is 15.3 Å². The van der Waals surface area contributed by atoms with Crippen LogP contribution < -0.4 is 0 Å². The molecule has 9 nitrogen and oxygen atoms in total. The van der Waals surface area contributed by atoms with Gasteiger partial charge in [0, 0.05) is 32.2 Å². The molecule has 0 unspecified atom stereocenters. The van der Waals surface area contributed by atoms with Crippen molar-refractivity contribution in [2.24, 2.45) is 0 Å². The Morgan fingerprint density at radius 1 is 0.700 bits per heavy atom. The van der Waals surface area contributed by atoms with Crippen LogP contribution in [0.2, 0.25) is 0 Å². The van der Waals surface area contributed by atoms with Crippen molar-refractivity contribution in [3.05, 3.63) is 42.0 Å². The van der Waals surface area contributed by atoms with Crippen molar-refractivity contribution in [3.63, 3.8) is 0 Å². The van der Waals surface area contributed by atoms with E-state index in [2.05, 4.69) is 0 Å². The van der Waals surface area contributed by atoms with Gasteiger partial charge in [0.25, 0.3) is 0 Å². The van der Waals surface area contributed by atoms with E-state index in [1.54, 1.807) is 20.8 Å². The van der Waals surface area contributed by atoms with E-state index in [1.165, 1.54) is 24.3 Å². The first-order valence-electron chi connectivity index (χ1n) is 9.27. The Morgan fingerprint density at radius 3 is 1.53 bits per heavy atom. The molecule has 166 valence electrons. The third-order valence-electron chi connectivity index (χ3n) is 4.69. The second kappa shape index (κ2) is 9.21. The van der Waals surface area contributed by atoms with Gasteiger partial charge in [-0.1, -0.05) is 13.8 Å². The average Bonchev–Trinajstić information content (AvgIpc) is 2.68. The molecule has 0 amide bonds. The first-order valence-corrected chi connectivity index (χ1v) is 12.1. The van der Waals surface area contributed by atoms with Crippen molar-refractivity contribution < 1.29 is 32.2 Å². The van der Waals surface area contributed by atoms with Crippen LogP contribution >= 0.6 is 0 Å². The van der Waals surface area contributed by atoms with Gasteiger partial charge in [0.15, 0.2) is 11.5 Å². The Labute approximate surface area is 176 Å². The standard InChI is InChI=1S/C19H26N2O7S2/c1-4-20(29(25,26)15-6-8-17(22)14(3)12-15)10-11-21(5-2)30(27,28)16-7-9-18(23)19(24)13-16/h6-9,12-13,22-24H,4-5,10-11H2,1-3H3. The maximum absolute atomic E-state index is 12.9. The monoisotopic (exact) mass is 458 g/mol. The number of rotatable bonds is 9. The molecule has 0 aliphatic carbocycles. The van der Waals surface area contributed by atoms with Gasteiger partial charge in [-0.15, -0.1) is 0 Å². The lowest BCUT2D eigenvalue weighted by atomic mass is 10.2. The number of benzene rings is 2. The second-order valence-corrected chi connectivity index (χ2v) is 10.5. The molecule has 0 atom stereocenters. The highest BCUT2D eigenvalue weighted by Crippen LogP contribution is 2.29. The van der Waals surface area contributed by atoms with Gasteiger partial charge in [-0.05, 0) is 42.8 Å². The molecule has 0 saturated heterocycles. The van der Waals surface area contributed by atoms with Crippen molar-refractivity contribution in [1.82, 2.24) is 8.61 Å². The van der Waals surface area contributed by atoms with Crippen molar-refractivity contribution in [2.75, 3.05) is 26.2 Å². The number of hydrogen-bond acceptors (Lipinski definition) is 7. The Balaban J connectivity index is 2.26. The lowest BCUT2D eigenvalue weighted by Gasteiger charge is -2.26. The van der Waals surface area contributed by atoms with Crippen molar-refractivity contribution >= 4 is 20.0 Å². The first kappa shape index (κ1) is 23.9. The molecule has 0 bridgehead atoms. The Kier molecular flexibility index (Phi) is 7.35. The zero-order valence-electron chi connectivity index (χ0n) is 17.0. The van der Waals surface area contributed by atoms with Crippen LogP contribution in [0.15, 0.2) is 46.2 Å². The fourth-order valence-electron chi connectivity index (χ4n) is 2.87. The summed E-state index contributed by atoms with van der Waals surface area (Å²) in [7, 11) is -7.90. The van der Waals surface area contributed by atoms with Crippen LogP contribution in [0.3, 0.4) is 0 Å². The van der Waals surface area contributed by atoms with Crippen LogP contribution in [0.5, 0.6) is 17.2 Å². The highest BCUT2D eigenvalue weighted by atomic mass is 32.2. The first-order chi connectivity index (χ1) is 13.9. The summed E-state index contributed by atoms with van der Waals surface area (Å²) in [5, 5.41) is 28.6. The quantitative estimate of drug-likeness (QED) is 0.488. The molecular formula is C19H26N2O7S2. The topological polar surface area (TPSA) is 135 Å². The number of hydrogen-bond donors (Lipinski definition) is 3. The number of sulfonamides is 2. The smallest absolute Gasteiger partial charge is 0.243 e. The summed E-state index contributed by atoms with van der Waals surface area (Å²) in [6.07, 6.45) is 0. The molecule has 0 spiro atoms. The Bertz CT molecular complexity index is 1030. The normalized spacial score (nSPS) is 12.6. The molecule has 30 heavy (non-hydrogen) atoms. The number of aryl methyl sites for hydroxylation is 1. The van der Waals surface area contributed by atoms with E-state index in [9.17, 15) is 32.2 Å². The van der Waals surface area contributed by atoms with Gasteiger partial charge in [0.1, 0.15) is 5.75 Å². The molecule has 11 heteroatoms. The van der Waals surface area contributed by atoms with Crippen LogP contribution in [0.4, 0.5) is 0 Å². The van der Waals surface area contributed by atoms with E-state index < -0.39 is 31.5 Å². The van der Waals surface area contributed by atoms with Gasteiger partial charge in [0.05, 0.1) is 9.79 Å². The Hall–Kier alpha value is -2.34. The zero-order chi connectivity index (χ0) is 22.7. The third-order valence-corrected chi connectivity index (χ3v) is 8.64. The summed E-state index contributed by atoms with van der Waals surface area (Å²) >= 11 is 0. The fourth-order valence-corrected chi connectivity index (χ4v) is 5.86. The highest BCUT2D eigenvalue weighted by molar-refractivity contribution is 7.89.